The summed E-state index contributed by atoms with van der Waals surface area (Å²) < 4.78 is 24.3. The quantitative estimate of drug-likeness (QED) is 0.596. The molecular weight excluding hydrogens is 183 g/mol. The molecule has 0 saturated carbocycles. The predicted octanol–water partition coefficient (Wildman–Crippen LogP) is 0.821. The Bertz CT molecular complexity index is 231. The molecule has 0 heterocycles. The molecule has 0 radical (unpaired) electrons. The first-order valence-corrected chi connectivity index (χ1v) is 4.33. The molecule has 66 valence electrons. The van der Waals surface area contributed by atoms with Gasteiger partial charge in [-0.25, -0.2) is 4.57 Å². The summed E-state index contributed by atoms with van der Waals surface area (Å²) >= 11 is 0. The van der Waals surface area contributed by atoms with Gasteiger partial charge in [-0.05, 0) is 0 Å². The van der Waals surface area contributed by atoms with Gasteiger partial charge in [-0.15, -0.1) is 0 Å². The minimum Gasteiger partial charge on any atom is -0.290 e. The van der Waals surface area contributed by atoms with Crippen molar-refractivity contribution in [2.24, 2.45) is 0 Å². The SMILES string of the molecule is COP(=O)(OCC#N)OCC#N. The van der Waals surface area contributed by atoms with Crippen LogP contribution < -0.4 is 0 Å². The highest BCUT2D eigenvalue weighted by Crippen LogP contribution is 2.47. The van der Waals surface area contributed by atoms with Gasteiger partial charge in [0.05, 0.1) is 12.1 Å². The molecule has 0 unspecified atom stereocenters. The van der Waals surface area contributed by atoms with Crippen LogP contribution >= 0.6 is 7.82 Å². The number of hydrogen-bond acceptors (Lipinski definition) is 6. The van der Waals surface area contributed by atoms with Crippen molar-refractivity contribution in [1.29, 1.82) is 10.5 Å². The van der Waals surface area contributed by atoms with Crippen LogP contribution in [0.1, 0.15) is 0 Å². The Kier molecular flexibility index (Phi) is 5.27. The van der Waals surface area contributed by atoms with Gasteiger partial charge >= 0.3 is 7.82 Å². The third-order valence-electron chi connectivity index (χ3n) is 0.798. The van der Waals surface area contributed by atoms with Gasteiger partial charge in [-0.2, -0.15) is 10.5 Å². The molecule has 0 fully saturated rings. The molecule has 7 heteroatoms. The molecule has 0 aliphatic rings. The summed E-state index contributed by atoms with van der Waals surface area (Å²) in [5, 5.41) is 16.2. The second-order valence-electron chi connectivity index (χ2n) is 1.49. The average Bonchev–Trinajstić information content (AvgIpc) is 2.11. The monoisotopic (exact) mass is 190 g/mol. The molecule has 0 spiro atoms. The van der Waals surface area contributed by atoms with E-state index >= 15 is 0 Å². The largest absolute Gasteiger partial charge is 0.476 e. The molecule has 0 atom stereocenters. The topological polar surface area (TPSA) is 92.3 Å². The zero-order chi connectivity index (χ0) is 9.45. The maximum Gasteiger partial charge on any atom is 0.476 e. The van der Waals surface area contributed by atoms with Gasteiger partial charge in [0.2, 0.25) is 0 Å². The molecule has 6 nitrogen and oxygen atoms in total. The second-order valence-corrected chi connectivity index (χ2v) is 3.27. The van der Waals surface area contributed by atoms with Crippen molar-refractivity contribution in [2.75, 3.05) is 20.3 Å². The lowest BCUT2D eigenvalue weighted by Crippen LogP contribution is -1.98. The van der Waals surface area contributed by atoms with Gasteiger partial charge in [0.1, 0.15) is 13.2 Å². The number of phosphoric ester groups is 1. The average molecular weight is 190 g/mol. The summed E-state index contributed by atoms with van der Waals surface area (Å²) in [6.07, 6.45) is 0. The Labute approximate surface area is 69.9 Å². The molecule has 0 aromatic carbocycles. The normalized spacial score (nSPS) is 10.2. The van der Waals surface area contributed by atoms with Gasteiger partial charge in [-0.1, -0.05) is 0 Å². The maximum atomic E-state index is 11.1. The number of hydrogen-bond donors (Lipinski definition) is 0. The van der Waals surface area contributed by atoms with Crippen LogP contribution in [0.4, 0.5) is 0 Å². The predicted molar refractivity (Wildman–Crippen MR) is 37.7 cm³/mol. The van der Waals surface area contributed by atoms with E-state index < -0.39 is 21.0 Å². The van der Waals surface area contributed by atoms with E-state index in [4.69, 9.17) is 10.5 Å². The first-order chi connectivity index (χ1) is 5.68. The van der Waals surface area contributed by atoms with Crippen LogP contribution in [0.3, 0.4) is 0 Å². The van der Waals surface area contributed by atoms with E-state index in [1.807, 2.05) is 0 Å². The van der Waals surface area contributed by atoms with Gasteiger partial charge in [0.25, 0.3) is 0 Å². The van der Waals surface area contributed by atoms with E-state index in [1.54, 1.807) is 12.1 Å². The minimum absolute atomic E-state index is 0.406. The molecule has 0 aromatic heterocycles. The summed E-state index contributed by atoms with van der Waals surface area (Å²) in [4.78, 5) is 0. The standard InChI is InChI=1S/C5H7N2O4P/c1-9-12(8,10-4-2-6)11-5-3-7/h4-5H2,1H3. The first kappa shape index (κ1) is 11.1. The first-order valence-electron chi connectivity index (χ1n) is 2.87. The van der Waals surface area contributed by atoms with Crippen molar-refractivity contribution in [3.63, 3.8) is 0 Å². The number of nitriles is 2. The van der Waals surface area contributed by atoms with Crippen LogP contribution in [0.5, 0.6) is 0 Å². The number of rotatable bonds is 5. The lowest BCUT2D eigenvalue weighted by molar-refractivity contribution is 0.155. The Morgan fingerprint density at radius 1 is 1.25 bits per heavy atom. The fraction of sp³-hybridized carbons (Fsp3) is 0.600. The fourth-order valence-electron chi connectivity index (χ4n) is 0.359. The van der Waals surface area contributed by atoms with Gasteiger partial charge in [0, 0.05) is 7.11 Å². The van der Waals surface area contributed by atoms with Crippen LogP contribution in [0.25, 0.3) is 0 Å². The molecule has 0 aromatic rings. The molecular formula is C5H7N2O4P. The third-order valence-corrected chi connectivity index (χ3v) is 2.14. The highest BCUT2D eigenvalue weighted by atomic mass is 31.2. The zero-order valence-corrected chi connectivity index (χ0v) is 7.28. The van der Waals surface area contributed by atoms with E-state index in [0.717, 1.165) is 7.11 Å². The van der Waals surface area contributed by atoms with E-state index in [2.05, 4.69) is 13.6 Å². The zero-order valence-electron chi connectivity index (χ0n) is 6.39. The summed E-state index contributed by atoms with van der Waals surface area (Å²) in [7, 11) is -2.57. The van der Waals surface area contributed by atoms with Crippen LogP contribution in [0, 0.1) is 22.7 Å². The summed E-state index contributed by atoms with van der Waals surface area (Å²) in [5.74, 6) is 0. The van der Waals surface area contributed by atoms with Crippen LogP contribution in [-0.2, 0) is 18.1 Å². The van der Waals surface area contributed by atoms with Gasteiger partial charge < -0.3 is 0 Å². The van der Waals surface area contributed by atoms with Crippen molar-refractivity contribution in [1.82, 2.24) is 0 Å². The van der Waals surface area contributed by atoms with Gasteiger partial charge in [-0.3, -0.25) is 13.6 Å². The van der Waals surface area contributed by atoms with E-state index in [-0.39, 0.29) is 0 Å². The van der Waals surface area contributed by atoms with Crippen molar-refractivity contribution in [2.45, 2.75) is 0 Å². The molecule has 0 aliphatic heterocycles. The molecule has 12 heavy (non-hydrogen) atoms. The van der Waals surface area contributed by atoms with Crippen molar-refractivity contribution >= 4 is 7.82 Å². The van der Waals surface area contributed by atoms with E-state index in [0.29, 0.717) is 0 Å². The van der Waals surface area contributed by atoms with Crippen molar-refractivity contribution in [3.8, 4) is 12.1 Å². The number of nitrogens with zero attached hydrogens (tertiary/aromatic N) is 2. The summed E-state index contributed by atoms with van der Waals surface area (Å²) in [6.45, 7) is -0.812. The third kappa shape index (κ3) is 4.07. The molecule has 0 aliphatic carbocycles. The number of phosphoric acid groups is 1. The summed E-state index contributed by atoms with van der Waals surface area (Å²) in [6, 6.07) is 3.19. The highest BCUT2D eigenvalue weighted by Gasteiger charge is 2.24. The van der Waals surface area contributed by atoms with Crippen LogP contribution in [0.15, 0.2) is 0 Å². The van der Waals surface area contributed by atoms with Crippen LogP contribution in [0.2, 0.25) is 0 Å². The summed E-state index contributed by atoms with van der Waals surface area (Å²) in [5.41, 5.74) is 0. The molecule has 0 bridgehead atoms. The lowest BCUT2D eigenvalue weighted by atomic mass is 10.9. The Morgan fingerprint density at radius 2 is 1.67 bits per heavy atom. The highest BCUT2D eigenvalue weighted by molar-refractivity contribution is 7.48. The Balaban J connectivity index is 4.00. The lowest BCUT2D eigenvalue weighted by Gasteiger charge is -2.11. The van der Waals surface area contributed by atoms with Gasteiger partial charge in [0.15, 0.2) is 0 Å². The minimum atomic E-state index is -3.68. The van der Waals surface area contributed by atoms with Crippen molar-refractivity contribution < 1.29 is 18.1 Å². The Hall–Kier alpha value is -0.910. The molecule has 0 amide bonds. The molecule has 0 rings (SSSR count). The molecule has 0 N–H and O–H groups in total. The van der Waals surface area contributed by atoms with Crippen LogP contribution in [-0.4, -0.2) is 20.3 Å². The smallest absolute Gasteiger partial charge is 0.290 e. The second kappa shape index (κ2) is 5.70. The van der Waals surface area contributed by atoms with E-state index in [1.165, 1.54) is 0 Å². The van der Waals surface area contributed by atoms with Crippen molar-refractivity contribution in [3.05, 3.63) is 0 Å². The Morgan fingerprint density at radius 3 is 1.92 bits per heavy atom. The van der Waals surface area contributed by atoms with E-state index in [9.17, 15) is 4.57 Å². The molecule has 0 saturated heterocycles. The maximum absolute atomic E-state index is 11.1. The fourth-order valence-corrected chi connectivity index (χ4v) is 1.08.